The number of anilines is 2. The van der Waals surface area contributed by atoms with Crippen LogP contribution in [0.15, 0.2) is 148 Å². The molecule has 6 heterocycles. The van der Waals surface area contributed by atoms with Crippen molar-refractivity contribution in [3.63, 3.8) is 0 Å². The lowest BCUT2D eigenvalue weighted by Crippen LogP contribution is -2.61. The molecule has 0 bridgehead atoms. The summed E-state index contributed by atoms with van der Waals surface area (Å²) < 4.78 is 19.3. The summed E-state index contributed by atoms with van der Waals surface area (Å²) in [5.74, 6) is 0. The van der Waals surface area contributed by atoms with Crippen molar-refractivity contribution in [1.82, 2.24) is 4.57 Å². The van der Waals surface area contributed by atoms with E-state index in [0.717, 1.165) is 60.8 Å². The summed E-state index contributed by atoms with van der Waals surface area (Å²) in [7, 11) is 0. The van der Waals surface area contributed by atoms with Crippen molar-refractivity contribution in [1.29, 1.82) is 0 Å². The Kier molecular flexibility index (Phi) is 6.52. The first kappa shape index (κ1) is 34.9. The van der Waals surface area contributed by atoms with Crippen LogP contribution in [-0.2, 0) is 10.8 Å². The van der Waals surface area contributed by atoms with E-state index >= 15 is 0 Å². The Morgan fingerprint density at radius 2 is 1.18 bits per heavy atom. The molecule has 0 N–H and O–H groups in total. The van der Waals surface area contributed by atoms with Crippen molar-refractivity contribution in [3.05, 3.63) is 151 Å². The highest BCUT2D eigenvalue weighted by Crippen LogP contribution is 2.53. The largest absolute Gasteiger partial charge is 0.455 e. The molecule has 0 spiro atoms. The van der Waals surface area contributed by atoms with Gasteiger partial charge in [0.1, 0.15) is 16.7 Å². The molecule has 6 heteroatoms. The molecule has 0 fully saturated rings. The van der Waals surface area contributed by atoms with E-state index in [0.29, 0.717) is 0 Å². The van der Waals surface area contributed by atoms with Crippen LogP contribution in [0.2, 0.25) is 0 Å². The van der Waals surface area contributed by atoms with Crippen molar-refractivity contribution in [2.24, 2.45) is 0 Å². The van der Waals surface area contributed by atoms with E-state index in [1.54, 1.807) is 0 Å². The zero-order valence-corrected chi connectivity index (χ0v) is 36.3. The predicted octanol–water partition coefficient (Wildman–Crippen LogP) is 14.8. The Bertz CT molecular complexity index is 3980. The summed E-state index contributed by atoms with van der Waals surface area (Å²) in [6.07, 6.45) is 0. The second-order valence-electron chi connectivity index (χ2n) is 19.6. The number of benzene rings is 8. The van der Waals surface area contributed by atoms with Gasteiger partial charge in [-0.3, -0.25) is 0 Å². The lowest BCUT2D eigenvalue weighted by Gasteiger charge is -2.42. The van der Waals surface area contributed by atoms with Crippen LogP contribution in [0.4, 0.5) is 11.4 Å². The number of hydrogen-bond donors (Lipinski definition) is 0. The van der Waals surface area contributed by atoms with Crippen molar-refractivity contribution in [2.75, 3.05) is 4.81 Å². The third-order valence-electron chi connectivity index (χ3n) is 14.0. The molecule has 8 aromatic carbocycles. The third kappa shape index (κ3) is 4.38. The highest BCUT2D eigenvalue weighted by atomic mass is 32.1. The molecule has 0 amide bonds. The summed E-state index contributed by atoms with van der Waals surface area (Å²) in [5.41, 5.74) is 17.0. The van der Waals surface area contributed by atoms with Crippen LogP contribution < -0.4 is 15.7 Å². The van der Waals surface area contributed by atoms with Crippen LogP contribution >= 0.6 is 11.3 Å². The van der Waals surface area contributed by atoms with Crippen molar-refractivity contribution in [3.8, 4) is 16.8 Å². The van der Waals surface area contributed by atoms with Gasteiger partial charge in [-0.25, -0.2) is 0 Å². The average Bonchev–Trinajstić information content (AvgIpc) is 4.03. The molecule has 0 aliphatic carbocycles. The molecular weight excluding hydrogens is 776 g/mol. The molecular formula is C56H41BN2O2S. The van der Waals surface area contributed by atoms with Crippen molar-refractivity contribution < 1.29 is 8.83 Å². The lowest BCUT2D eigenvalue weighted by atomic mass is 9.43. The Hall–Kier alpha value is -6.76. The van der Waals surface area contributed by atoms with Crippen LogP contribution in [0.25, 0.3) is 103 Å². The van der Waals surface area contributed by atoms with Gasteiger partial charge in [-0.15, -0.1) is 11.3 Å². The molecule has 0 radical (unpaired) electrons. The first-order chi connectivity index (χ1) is 30.0. The summed E-state index contributed by atoms with van der Waals surface area (Å²) in [4.78, 5) is 2.61. The van der Waals surface area contributed by atoms with Gasteiger partial charge in [0.05, 0.1) is 22.4 Å². The van der Waals surface area contributed by atoms with Gasteiger partial charge < -0.3 is 18.2 Å². The lowest BCUT2D eigenvalue weighted by molar-refractivity contribution is 0.590. The maximum atomic E-state index is 7.06. The summed E-state index contributed by atoms with van der Waals surface area (Å²) in [6, 6.07) is 52.0. The minimum atomic E-state index is -0.195. The molecule has 4 aromatic heterocycles. The predicted molar refractivity (Wildman–Crippen MR) is 265 cm³/mol. The molecule has 62 heavy (non-hydrogen) atoms. The van der Waals surface area contributed by atoms with Gasteiger partial charge in [0.2, 0.25) is 0 Å². The second-order valence-corrected chi connectivity index (χ2v) is 20.7. The number of nitrogens with zero attached hydrogens (tertiary/aromatic N) is 2. The minimum absolute atomic E-state index is 0.0116. The molecule has 0 unspecified atom stereocenters. The summed E-state index contributed by atoms with van der Waals surface area (Å²) in [5, 5.41) is 9.69. The van der Waals surface area contributed by atoms with E-state index < -0.39 is 0 Å². The van der Waals surface area contributed by atoms with Gasteiger partial charge in [0, 0.05) is 63.7 Å². The normalized spacial score (nSPS) is 13.9. The van der Waals surface area contributed by atoms with Crippen LogP contribution in [-0.4, -0.2) is 11.4 Å². The number of aromatic nitrogens is 1. The van der Waals surface area contributed by atoms with E-state index in [1.165, 1.54) is 75.3 Å². The number of para-hydroxylation sites is 3. The van der Waals surface area contributed by atoms with E-state index in [2.05, 4.69) is 190 Å². The maximum Gasteiger partial charge on any atom is 0.333 e. The topological polar surface area (TPSA) is 34.5 Å². The van der Waals surface area contributed by atoms with Gasteiger partial charge >= 0.3 is 6.85 Å². The summed E-state index contributed by atoms with van der Waals surface area (Å²) in [6.45, 7) is 13.8. The van der Waals surface area contributed by atoms with Gasteiger partial charge in [-0.1, -0.05) is 120 Å². The minimum Gasteiger partial charge on any atom is -0.455 e. The molecule has 12 aromatic rings. The second kappa shape index (κ2) is 11.6. The van der Waals surface area contributed by atoms with Crippen LogP contribution in [0, 0.1) is 0 Å². The Morgan fingerprint density at radius 1 is 0.516 bits per heavy atom. The van der Waals surface area contributed by atoms with E-state index in [9.17, 15) is 0 Å². The Morgan fingerprint density at radius 3 is 1.94 bits per heavy atom. The fourth-order valence-electron chi connectivity index (χ4n) is 11.1. The zero-order chi connectivity index (χ0) is 41.6. The maximum absolute atomic E-state index is 7.06. The highest BCUT2D eigenvalue weighted by molar-refractivity contribution is 7.26. The SMILES string of the molecule is CC(C)(C)c1ccc2c(c1)c1cc(C(C)(C)C)cc3c1n2-c1c2c(cc4sc5ccccc5c14)-c1c(ccc4c1oc1ccccc14)N(c1cccc4c1oc1ccccc14)B23. The molecule has 0 saturated heterocycles. The number of furan rings is 2. The van der Waals surface area contributed by atoms with Crippen molar-refractivity contribution in [2.45, 2.75) is 52.4 Å². The first-order valence-electron chi connectivity index (χ1n) is 21.8. The van der Waals surface area contributed by atoms with Gasteiger partial charge in [0.25, 0.3) is 0 Å². The molecule has 14 rings (SSSR count). The summed E-state index contributed by atoms with van der Waals surface area (Å²) >= 11 is 1.89. The smallest absolute Gasteiger partial charge is 0.333 e. The average molecular weight is 817 g/mol. The quantitative estimate of drug-likeness (QED) is 0.155. The number of thiophene rings is 1. The molecule has 4 nitrogen and oxygen atoms in total. The molecule has 0 saturated carbocycles. The molecule has 0 atom stereocenters. The standard InChI is InChI=1S/C56H41BN2O2S/c1-55(2,3)30-22-24-41-37(26-30)38-27-31(56(4,5)6)28-40-51(38)58(41)52-49-36-16-9-12-21-46(36)62-47(49)29-39-48-42(25-23-35-33-15-8-11-20-45(33)61-54(35)48)59(57(40)50(39)52)43-18-13-17-34-32-14-7-10-19-44(32)60-53(34)43/h7-29H,1-6H3. The fraction of sp³-hybridized carbons (Fsp3) is 0.143. The van der Waals surface area contributed by atoms with Crippen LogP contribution in [0.5, 0.6) is 0 Å². The Balaban J connectivity index is 1.25. The van der Waals surface area contributed by atoms with E-state index in [4.69, 9.17) is 8.83 Å². The number of rotatable bonds is 1. The van der Waals surface area contributed by atoms with Crippen LogP contribution in [0.3, 0.4) is 0 Å². The molecule has 296 valence electrons. The highest BCUT2D eigenvalue weighted by Gasteiger charge is 2.47. The monoisotopic (exact) mass is 816 g/mol. The van der Waals surface area contributed by atoms with Crippen molar-refractivity contribution >= 4 is 126 Å². The van der Waals surface area contributed by atoms with Gasteiger partial charge in [-0.05, 0) is 99.1 Å². The fourth-order valence-corrected chi connectivity index (χ4v) is 12.3. The van der Waals surface area contributed by atoms with Gasteiger partial charge in [-0.2, -0.15) is 0 Å². The van der Waals surface area contributed by atoms with Crippen LogP contribution in [0.1, 0.15) is 52.7 Å². The van der Waals surface area contributed by atoms with E-state index in [1.807, 2.05) is 11.3 Å². The van der Waals surface area contributed by atoms with E-state index in [-0.39, 0.29) is 17.7 Å². The first-order valence-corrected chi connectivity index (χ1v) is 22.6. The number of fused-ring (bicyclic) bond motifs is 18. The molecule has 2 aliphatic heterocycles. The molecule has 2 aliphatic rings. The van der Waals surface area contributed by atoms with Gasteiger partial charge in [0.15, 0.2) is 5.58 Å². The number of hydrogen-bond acceptors (Lipinski definition) is 4. The zero-order valence-electron chi connectivity index (χ0n) is 35.5. The Labute approximate surface area is 362 Å². The third-order valence-corrected chi connectivity index (χ3v) is 15.2.